The Kier molecular flexibility index (Phi) is 6.61. The fourth-order valence-electron chi connectivity index (χ4n) is 4.20. The first-order chi connectivity index (χ1) is 16.7. The molecule has 0 radical (unpaired) electrons. The second kappa shape index (κ2) is 10.1. The van der Waals surface area contributed by atoms with Gasteiger partial charge in [-0.25, -0.2) is 0 Å². The molecule has 0 bridgehead atoms. The van der Waals surface area contributed by atoms with E-state index in [-0.39, 0.29) is 0 Å². The molecule has 7 heteroatoms. The van der Waals surface area contributed by atoms with Gasteiger partial charge in [-0.2, -0.15) is 17.0 Å². The second-order valence-corrected chi connectivity index (χ2v) is 9.60. The van der Waals surface area contributed by atoms with Crippen molar-refractivity contribution in [2.75, 3.05) is 29.9 Å². The zero-order valence-corrected chi connectivity index (χ0v) is 19.9. The molecule has 1 aromatic carbocycles. The van der Waals surface area contributed by atoms with Gasteiger partial charge >= 0.3 is 0 Å². The number of benzene rings is 1. The van der Waals surface area contributed by atoms with E-state index in [9.17, 15) is 5.26 Å². The lowest BCUT2D eigenvalue weighted by Crippen LogP contribution is -2.31. The van der Waals surface area contributed by atoms with E-state index in [2.05, 4.69) is 50.3 Å². The summed E-state index contributed by atoms with van der Waals surface area (Å²) in [6, 6.07) is 12.6. The highest BCUT2D eigenvalue weighted by Gasteiger charge is 2.12. The molecule has 0 unspecified atom stereocenters. The summed E-state index contributed by atoms with van der Waals surface area (Å²) in [6.07, 6.45) is 11.2. The van der Waals surface area contributed by atoms with E-state index in [4.69, 9.17) is 0 Å². The highest BCUT2D eigenvalue weighted by atomic mass is 32.2. The summed E-state index contributed by atoms with van der Waals surface area (Å²) in [7, 11) is 0. The molecule has 170 valence electrons. The number of thioether (sulfide) groups is 1. The molecular weight excluding hydrogens is 440 g/mol. The third kappa shape index (κ3) is 4.84. The maximum atomic E-state index is 9.70. The molecule has 34 heavy (non-hydrogen) atoms. The number of H-pyrrole nitrogens is 1. The van der Waals surface area contributed by atoms with Crippen LogP contribution in [0.25, 0.3) is 23.1 Å². The van der Waals surface area contributed by atoms with E-state index in [1.54, 1.807) is 12.4 Å². The third-order valence-electron chi connectivity index (χ3n) is 6.15. The van der Waals surface area contributed by atoms with E-state index < -0.39 is 0 Å². The Morgan fingerprint density at radius 1 is 1.12 bits per heavy atom. The fraction of sp³-hybridized carbons (Fsp3) is 0.222. The van der Waals surface area contributed by atoms with Gasteiger partial charge in [-0.3, -0.25) is 14.9 Å². The summed E-state index contributed by atoms with van der Waals surface area (Å²) in [4.78, 5) is 14.6. The van der Waals surface area contributed by atoms with Gasteiger partial charge in [0.25, 0.3) is 0 Å². The van der Waals surface area contributed by atoms with Crippen LogP contribution >= 0.6 is 11.8 Å². The van der Waals surface area contributed by atoms with Crippen LogP contribution in [0.4, 0.5) is 11.4 Å². The van der Waals surface area contributed by atoms with Crippen molar-refractivity contribution in [2.24, 2.45) is 0 Å². The number of nitriles is 1. The average Bonchev–Trinajstić information content (AvgIpc) is 3.36. The van der Waals surface area contributed by atoms with Crippen LogP contribution in [0.2, 0.25) is 0 Å². The van der Waals surface area contributed by atoms with Crippen LogP contribution in [0.1, 0.15) is 27.9 Å². The molecule has 4 heterocycles. The monoisotopic (exact) mass is 466 g/mol. The Morgan fingerprint density at radius 3 is 2.79 bits per heavy atom. The summed E-state index contributed by atoms with van der Waals surface area (Å²) < 4.78 is 0. The van der Waals surface area contributed by atoms with Crippen molar-refractivity contribution < 1.29 is 0 Å². The van der Waals surface area contributed by atoms with Crippen molar-refractivity contribution in [3.63, 3.8) is 0 Å². The van der Waals surface area contributed by atoms with Crippen LogP contribution in [0.3, 0.4) is 0 Å². The van der Waals surface area contributed by atoms with Crippen LogP contribution in [0, 0.1) is 18.3 Å². The molecule has 0 saturated carbocycles. The Hall–Kier alpha value is -3.60. The zero-order valence-electron chi connectivity index (χ0n) is 19.1. The molecule has 1 fully saturated rings. The minimum atomic E-state index is 0.499. The molecule has 1 saturated heterocycles. The van der Waals surface area contributed by atoms with Gasteiger partial charge in [0, 0.05) is 78.1 Å². The number of aromatic amines is 1. The number of aromatic nitrogens is 3. The molecule has 5 rings (SSSR count). The fourth-order valence-corrected chi connectivity index (χ4v) is 5.18. The maximum Gasteiger partial charge on any atom is 0.103 e. The maximum absolute atomic E-state index is 9.70. The van der Waals surface area contributed by atoms with Crippen molar-refractivity contribution >= 4 is 46.2 Å². The minimum Gasteiger partial charge on any atom is -0.361 e. The van der Waals surface area contributed by atoms with Gasteiger partial charge in [-0.15, -0.1) is 0 Å². The highest BCUT2D eigenvalue weighted by molar-refractivity contribution is 7.99. The van der Waals surface area contributed by atoms with Gasteiger partial charge < -0.3 is 10.3 Å². The first-order valence-corrected chi connectivity index (χ1v) is 12.5. The van der Waals surface area contributed by atoms with E-state index in [0.717, 1.165) is 58.7 Å². The van der Waals surface area contributed by atoms with E-state index >= 15 is 0 Å². The molecule has 0 amide bonds. The van der Waals surface area contributed by atoms with Crippen LogP contribution in [-0.4, -0.2) is 44.4 Å². The minimum absolute atomic E-state index is 0.499. The SMILES string of the molecule is Cc1c(Nc2c(C#N)cncc2/C=C/c2ccc(CN3CCSCC3)cn2)ccc2[nH]ccc12. The van der Waals surface area contributed by atoms with Gasteiger partial charge in [0.15, 0.2) is 0 Å². The van der Waals surface area contributed by atoms with Gasteiger partial charge in [-0.1, -0.05) is 6.07 Å². The summed E-state index contributed by atoms with van der Waals surface area (Å²) in [5.41, 5.74) is 7.36. The summed E-state index contributed by atoms with van der Waals surface area (Å²) in [6.45, 7) is 5.31. The van der Waals surface area contributed by atoms with Crippen molar-refractivity contribution in [1.29, 1.82) is 5.26 Å². The van der Waals surface area contributed by atoms with Gasteiger partial charge in [0.2, 0.25) is 0 Å². The molecule has 1 aliphatic rings. The Labute approximate surface area is 203 Å². The van der Waals surface area contributed by atoms with Crippen LogP contribution in [0.5, 0.6) is 0 Å². The smallest absolute Gasteiger partial charge is 0.103 e. The number of pyridine rings is 2. The third-order valence-corrected chi connectivity index (χ3v) is 7.09. The lowest BCUT2D eigenvalue weighted by Gasteiger charge is -2.25. The van der Waals surface area contributed by atoms with E-state index in [1.807, 2.05) is 54.5 Å². The summed E-state index contributed by atoms with van der Waals surface area (Å²) in [5, 5.41) is 14.3. The summed E-state index contributed by atoms with van der Waals surface area (Å²) in [5.74, 6) is 2.41. The normalized spacial score (nSPS) is 14.5. The lowest BCUT2D eigenvalue weighted by molar-refractivity contribution is 0.294. The van der Waals surface area contributed by atoms with Gasteiger partial charge in [-0.05, 0) is 54.5 Å². The number of hydrogen-bond donors (Lipinski definition) is 2. The van der Waals surface area contributed by atoms with E-state index in [0.29, 0.717) is 5.56 Å². The molecule has 0 spiro atoms. The standard InChI is InChI=1S/C27H26N6S/c1-19-24-8-9-30-26(24)7-6-25(19)32-27-21(16-29-17-22(27)14-28)3-5-23-4-2-20(15-31-23)18-33-10-12-34-13-11-33/h2-9,15-17,30H,10-13,18H2,1H3,(H,29,32)/b5-3+. The first-order valence-electron chi connectivity index (χ1n) is 11.4. The van der Waals surface area contributed by atoms with Crippen molar-refractivity contribution in [3.05, 3.63) is 83.1 Å². The quantitative estimate of drug-likeness (QED) is 0.385. The molecule has 3 aromatic heterocycles. The predicted octanol–water partition coefficient (Wildman–Crippen LogP) is 5.60. The van der Waals surface area contributed by atoms with Crippen LogP contribution < -0.4 is 5.32 Å². The number of rotatable bonds is 6. The predicted molar refractivity (Wildman–Crippen MR) is 141 cm³/mol. The Balaban J connectivity index is 1.37. The second-order valence-electron chi connectivity index (χ2n) is 8.38. The molecule has 2 N–H and O–H groups in total. The Morgan fingerprint density at radius 2 is 2.00 bits per heavy atom. The zero-order chi connectivity index (χ0) is 23.3. The number of anilines is 2. The van der Waals surface area contributed by atoms with Gasteiger partial charge in [0.1, 0.15) is 6.07 Å². The van der Waals surface area contributed by atoms with Crippen LogP contribution in [-0.2, 0) is 6.54 Å². The Bertz CT molecular complexity index is 1360. The number of fused-ring (bicyclic) bond motifs is 1. The van der Waals surface area contributed by atoms with E-state index in [1.165, 1.54) is 17.1 Å². The molecular formula is C27H26N6S. The van der Waals surface area contributed by atoms with Crippen molar-refractivity contribution in [3.8, 4) is 6.07 Å². The molecule has 0 atom stereocenters. The number of hydrogen-bond acceptors (Lipinski definition) is 6. The average molecular weight is 467 g/mol. The van der Waals surface area contributed by atoms with Gasteiger partial charge in [0.05, 0.1) is 16.9 Å². The number of aryl methyl sites for hydroxylation is 1. The number of nitrogens with zero attached hydrogens (tertiary/aromatic N) is 4. The summed E-state index contributed by atoms with van der Waals surface area (Å²) >= 11 is 2.02. The number of nitrogens with one attached hydrogen (secondary N) is 2. The molecule has 0 aliphatic carbocycles. The molecule has 1 aliphatic heterocycles. The molecule has 4 aromatic rings. The largest absolute Gasteiger partial charge is 0.361 e. The lowest BCUT2D eigenvalue weighted by atomic mass is 10.1. The topological polar surface area (TPSA) is 80.6 Å². The van der Waals surface area contributed by atoms with Crippen LogP contribution in [0.15, 0.2) is 55.1 Å². The van der Waals surface area contributed by atoms with Crippen molar-refractivity contribution in [1.82, 2.24) is 19.9 Å². The first kappa shape index (κ1) is 22.2. The van der Waals surface area contributed by atoms with Crippen molar-refractivity contribution in [2.45, 2.75) is 13.5 Å². The molecule has 6 nitrogen and oxygen atoms in total. The highest BCUT2D eigenvalue weighted by Crippen LogP contribution is 2.31.